The average Bonchev–Trinajstić information content (AvgIpc) is 2.67. The van der Waals surface area contributed by atoms with Crippen LogP contribution in [0.15, 0.2) is 42.5 Å². The fourth-order valence-corrected chi connectivity index (χ4v) is 2.72. The van der Waals surface area contributed by atoms with Gasteiger partial charge in [0.25, 0.3) is 5.91 Å². The lowest BCUT2D eigenvalue weighted by atomic mass is 10.1. The third-order valence-corrected chi connectivity index (χ3v) is 4.86. The van der Waals surface area contributed by atoms with E-state index in [-0.39, 0.29) is 39.7 Å². The second kappa shape index (κ2) is 9.62. The molecule has 2 rings (SSSR count). The fourth-order valence-electron chi connectivity index (χ4n) is 2.25. The fraction of sp³-hybridized carbons (Fsp3) is 0.238. The molecule has 0 saturated heterocycles. The number of halogens is 2. The van der Waals surface area contributed by atoms with Crippen molar-refractivity contribution in [3.8, 4) is 5.75 Å². The first-order chi connectivity index (χ1) is 13.2. The van der Waals surface area contributed by atoms with Crippen LogP contribution in [0.3, 0.4) is 0 Å². The van der Waals surface area contributed by atoms with Gasteiger partial charge in [-0.3, -0.25) is 9.59 Å². The van der Waals surface area contributed by atoms with Crippen molar-refractivity contribution in [1.82, 2.24) is 4.90 Å². The Morgan fingerprint density at radius 3 is 2.18 bits per heavy atom. The molecule has 0 aliphatic carbocycles. The van der Waals surface area contributed by atoms with Gasteiger partial charge in [-0.2, -0.15) is 0 Å². The number of likely N-dealkylation sites (N-methyl/N-ethyl adjacent to an activating group) is 1. The average molecular weight is 421 g/mol. The van der Waals surface area contributed by atoms with Crippen molar-refractivity contribution in [2.24, 2.45) is 0 Å². The normalized spacial score (nSPS) is 10.8. The minimum Gasteiger partial charge on any atom is -0.482 e. The Hall–Kier alpha value is -2.50. The minimum absolute atomic E-state index is 0.0917. The van der Waals surface area contributed by atoms with E-state index in [2.05, 4.69) is 0 Å². The standard InChI is InChI=1S/C21H22Cl2N2O3/c1-24(2)15-8-5-14(6-9-15)7-11-17(26)16-10-12-18(21(23)20(16)22)28-13-19(27)25(3)4/h5-12H,13H2,1-4H3/b11-7+. The van der Waals surface area contributed by atoms with Crippen molar-refractivity contribution < 1.29 is 14.3 Å². The number of carbonyl (C=O) groups is 2. The van der Waals surface area contributed by atoms with Gasteiger partial charge in [-0.25, -0.2) is 0 Å². The zero-order valence-corrected chi connectivity index (χ0v) is 17.7. The van der Waals surface area contributed by atoms with Crippen LogP contribution >= 0.6 is 23.2 Å². The SMILES string of the molecule is CN(C)C(=O)COc1ccc(C(=O)/C=C/c2ccc(N(C)C)cc2)c(Cl)c1Cl. The van der Waals surface area contributed by atoms with Crippen molar-refractivity contribution >= 4 is 46.7 Å². The summed E-state index contributed by atoms with van der Waals surface area (Å²) >= 11 is 12.4. The van der Waals surface area contributed by atoms with Gasteiger partial charge in [-0.05, 0) is 35.9 Å². The lowest BCUT2D eigenvalue weighted by Crippen LogP contribution is -2.27. The number of hydrogen-bond donors (Lipinski definition) is 0. The van der Waals surface area contributed by atoms with Crippen molar-refractivity contribution in [2.75, 3.05) is 39.7 Å². The van der Waals surface area contributed by atoms with Crippen LogP contribution in [0, 0.1) is 0 Å². The van der Waals surface area contributed by atoms with E-state index in [9.17, 15) is 9.59 Å². The molecule has 0 bridgehead atoms. The number of anilines is 1. The van der Waals surface area contributed by atoms with E-state index in [0.29, 0.717) is 0 Å². The Kier molecular flexibility index (Phi) is 7.49. The highest BCUT2D eigenvalue weighted by Gasteiger charge is 2.16. The van der Waals surface area contributed by atoms with Crippen LogP contribution in [-0.4, -0.2) is 51.4 Å². The van der Waals surface area contributed by atoms with Crippen LogP contribution in [0.2, 0.25) is 10.0 Å². The second-order valence-electron chi connectivity index (χ2n) is 6.50. The number of nitrogens with zero attached hydrogens (tertiary/aromatic N) is 2. The molecule has 2 aromatic carbocycles. The smallest absolute Gasteiger partial charge is 0.259 e. The van der Waals surface area contributed by atoms with Crippen LogP contribution in [0.4, 0.5) is 5.69 Å². The van der Waals surface area contributed by atoms with E-state index in [1.54, 1.807) is 20.2 Å². The highest BCUT2D eigenvalue weighted by molar-refractivity contribution is 6.45. The third kappa shape index (κ3) is 5.50. The number of ketones is 1. The van der Waals surface area contributed by atoms with Gasteiger partial charge in [0, 0.05) is 39.4 Å². The number of amides is 1. The molecule has 2 aromatic rings. The van der Waals surface area contributed by atoms with Gasteiger partial charge < -0.3 is 14.5 Å². The van der Waals surface area contributed by atoms with Gasteiger partial charge in [0.2, 0.25) is 0 Å². The highest BCUT2D eigenvalue weighted by atomic mass is 35.5. The number of hydrogen-bond acceptors (Lipinski definition) is 4. The molecule has 0 heterocycles. The summed E-state index contributed by atoms with van der Waals surface area (Å²) in [6, 6.07) is 10.8. The van der Waals surface area contributed by atoms with Gasteiger partial charge in [0.05, 0.1) is 5.02 Å². The van der Waals surface area contributed by atoms with E-state index in [4.69, 9.17) is 27.9 Å². The molecule has 0 saturated carbocycles. The second-order valence-corrected chi connectivity index (χ2v) is 7.26. The predicted molar refractivity (Wildman–Crippen MR) is 115 cm³/mol. The van der Waals surface area contributed by atoms with Crippen LogP contribution in [0.1, 0.15) is 15.9 Å². The largest absolute Gasteiger partial charge is 0.482 e. The van der Waals surface area contributed by atoms with E-state index < -0.39 is 0 Å². The number of ether oxygens (including phenoxy) is 1. The summed E-state index contributed by atoms with van der Waals surface area (Å²) < 4.78 is 5.39. The summed E-state index contributed by atoms with van der Waals surface area (Å²) in [4.78, 5) is 27.5. The number of rotatable bonds is 7. The quantitative estimate of drug-likeness (QED) is 0.491. The summed E-state index contributed by atoms with van der Waals surface area (Å²) in [5.41, 5.74) is 2.23. The number of allylic oxidation sites excluding steroid dienone is 1. The molecule has 28 heavy (non-hydrogen) atoms. The Morgan fingerprint density at radius 2 is 1.61 bits per heavy atom. The first kappa shape index (κ1) is 21.8. The first-order valence-corrected chi connectivity index (χ1v) is 9.27. The van der Waals surface area contributed by atoms with Gasteiger partial charge in [0.1, 0.15) is 10.8 Å². The third-order valence-electron chi connectivity index (χ3n) is 4.00. The molecular formula is C21H22Cl2N2O3. The van der Waals surface area contributed by atoms with Crippen LogP contribution < -0.4 is 9.64 Å². The van der Waals surface area contributed by atoms with E-state index in [0.717, 1.165) is 11.3 Å². The zero-order valence-electron chi connectivity index (χ0n) is 16.2. The van der Waals surface area contributed by atoms with Gasteiger partial charge in [-0.15, -0.1) is 0 Å². The molecule has 0 fully saturated rings. The molecule has 0 unspecified atom stereocenters. The molecule has 1 amide bonds. The highest BCUT2D eigenvalue weighted by Crippen LogP contribution is 2.35. The maximum Gasteiger partial charge on any atom is 0.259 e. The van der Waals surface area contributed by atoms with Crippen LogP contribution in [0.5, 0.6) is 5.75 Å². The summed E-state index contributed by atoms with van der Waals surface area (Å²) in [5, 5.41) is 0.192. The molecule has 0 spiro atoms. The molecular weight excluding hydrogens is 399 g/mol. The number of benzene rings is 2. The van der Waals surface area contributed by atoms with Gasteiger partial charge >= 0.3 is 0 Å². The van der Waals surface area contributed by atoms with E-state index >= 15 is 0 Å². The zero-order chi connectivity index (χ0) is 20.8. The molecule has 0 aliphatic rings. The number of carbonyl (C=O) groups excluding carboxylic acids is 2. The van der Waals surface area contributed by atoms with Crippen molar-refractivity contribution in [3.05, 3.63) is 63.6 Å². The Labute approximate surface area is 175 Å². The Bertz CT molecular complexity index is 891. The Morgan fingerprint density at radius 1 is 0.964 bits per heavy atom. The molecule has 5 nitrogen and oxygen atoms in total. The van der Waals surface area contributed by atoms with Gasteiger partial charge in [-0.1, -0.05) is 41.4 Å². The molecule has 0 N–H and O–H groups in total. The summed E-state index contributed by atoms with van der Waals surface area (Å²) in [6.07, 6.45) is 3.16. The van der Waals surface area contributed by atoms with Crippen LogP contribution in [-0.2, 0) is 4.79 Å². The maximum atomic E-state index is 12.5. The van der Waals surface area contributed by atoms with Crippen molar-refractivity contribution in [2.45, 2.75) is 0 Å². The summed E-state index contributed by atoms with van der Waals surface area (Å²) in [6.45, 7) is -0.167. The molecule has 7 heteroatoms. The molecule has 0 radical (unpaired) electrons. The topological polar surface area (TPSA) is 49.9 Å². The van der Waals surface area contributed by atoms with E-state index in [1.165, 1.54) is 23.1 Å². The first-order valence-electron chi connectivity index (χ1n) is 8.51. The summed E-state index contributed by atoms with van der Waals surface area (Å²) in [5.74, 6) is -0.239. The molecule has 0 aliphatic heterocycles. The monoisotopic (exact) mass is 420 g/mol. The molecule has 148 valence electrons. The maximum absolute atomic E-state index is 12.5. The lowest BCUT2D eigenvalue weighted by Gasteiger charge is -2.13. The van der Waals surface area contributed by atoms with E-state index in [1.807, 2.05) is 43.3 Å². The molecule has 0 atom stereocenters. The van der Waals surface area contributed by atoms with Crippen LogP contribution in [0.25, 0.3) is 6.08 Å². The Balaban J connectivity index is 2.12. The van der Waals surface area contributed by atoms with Crippen molar-refractivity contribution in [3.63, 3.8) is 0 Å². The van der Waals surface area contributed by atoms with Crippen molar-refractivity contribution in [1.29, 1.82) is 0 Å². The molecule has 0 aromatic heterocycles. The minimum atomic E-state index is -0.278. The van der Waals surface area contributed by atoms with Gasteiger partial charge in [0.15, 0.2) is 12.4 Å². The lowest BCUT2D eigenvalue weighted by molar-refractivity contribution is -0.130. The summed E-state index contributed by atoms with van der Waals surface area (Å²) in [7, 11) is 7.18. The predicted octanol–water partition coefficient (Wildman–Crippen LogP) is 4.42.